The van der Waals surface area contributed by atoms with Crippen LogP contribution >= 0.6 is 11.3 Å². The molecule has 1 N–H and O–H groups in total. The van der Waals surface area contributed by atoms with Crippen molar-refractivity contribution < 1.29 is 4.74 Å². The summed E-state index contributed by atoms with van der Waals surface area (Å²) in [5, 5.41) is 11.0. The molecule has 0 aromatic carbocycles. The first-order chi connectivity index (χ1) is 14.6. The molecule has 0 unspecified atom stereocenters. The first-order valence-electron chi connectivity index (χ1n) is 9.96. The number of methoxy groups -OCH3 is 1. The third kappa shape index (κ3) is 3.35. The molecule has 9 heteroatoms. The van der Waals surface area contributed by atoms with Crippen molar-refractivity contribution in [2.24, 2.45) is 7.05 Å². The number of aryl methyl sites for hydroxylation is 3. The van der Waals surface area contributed by atoms with Crippen LogP contribution in [-0.2, 0) is 19.9 Å². The Morgan fingerprint density at radius 1 is 1.13 bits per heavy atom. The van der Waals surface area contributed by atoms with Gasteiger partial charge in [-0.3, -0.25) is 4.68 Å². The van der Waals surface area contributed by atoms with Gasteiger partial charge in [0.1, 0.15) is 17.2 Å². The highest BCUT2D eigenvalue weighted by Crippen LogP contribution is 2.33. The number of fused-ring (bicyclic) bond motifs is 1. The highest BCUT2D eigenvalue weighted by atomic mass is 32.1. The number of rotatable bonds is 5. The molecule has 8 nitrogen and oxygen atoms in total. The summed E-state index contributed by atoms with van der Waals surface area (Å²) >= 11 is 1.56. The highest BCUT2D eigenvalue weighted by Gasteiger charge is 2.20. The van der Waals surface area contributed by atoms with E-state index in [1.165, 1.54) is 24.1 Å². The van der Waals surface area contributed by atoms with Gasteiger partial charge in [-0.15, -0.1) is 11.3 Å². The van der Waals surface area contributed by atoms with E-state index in [9.17, 15) is 0 Å². The van der Waals surface area contributed by atoms with Crippen LogP contribution in [0.3, 0.4) is 0 Å². The van der Waals surface area contributed by atoms with Gasteiger partial charge in [-0.25, -0.2) is 15.0 Å². The normalized spacial score (nSPS) is 13.3. The lowest BCUT2D eigenvalue weighted by Crippen LogP contribution is -2.03. The molecular formula is C21H23N7OS. The summed E-state index contributed by atoms with van der Waals surface area (Å²) in [6, 6.07) is 3.93. The first kappa shape index (κ1) is 18.8. The van der Waals surface area contributed by atoms with Crippen molar-refractivity contribution in [1.82, 2.24) is 29.3 Å². The number of hydrogen-bond donors (Lipinski definition) is 1. The van der Waals surface area contributed by atoms with Crippen LogP contribution in [0.5, 0.6) is 5.88 Å². The number of thiazole rings is 1. The van der Waals surface area contributed by atoms with E-state index in [0.717, 1.165) is 46.6 Å². The lowest BCUT2D eigenvalue weighted by molar-refractivity contribution is 0.396. The fourth-order valence-corrected chi connectivity index (χ4v) is 4.57. The van der Waals surface area contributed by atoms with Gasteiger partial charge in [0.2, 0.25) is 5.88 Å². The molecule has 1 aliphatic carbocycles. The minimum atomic E-state index is 0.535. The Labute approximate surface area is 178 Å². The lowest BCUT2D eigenvalue weighted by Gasteiger charge is -2.11. The summed E-state index contributed by atoms with van der Waals surface area (Å²) < 4.78 is 9.37. The molecule has 30 heavy (non-hydrogen) atoms. The number of hydrogen-bond acceptors (Lipinski definition) is 7. The quantitative estimate of drug-likeness (QED) is 0.523. The predicted octanol–water partition coefficient (Wildman–Crippen LogP) is 4.06. The van der Waals surface area contributed by atoms with E-state index in [2.05, 4.69) is 20.4 Å². The zero-order valence-corrected chi connectivity index (χ0v) is 18.0. The third-order valence-electron chi connectivity index (χ3n) is 5.33. The van der Waals surface area contributed by atoms with Gasteiger partial charge in [0.15, 0.2) is 5.13 Å². The second-order valence-electron chi connectivity index (χ2n) is 7.41. The number of ether oxygens (including phenoxy) is 1. The zero-order valence-electron chi connectivity index (χ0n) is 17.2. The Bertz CT molecular complexity index is 1210. The van der Waals surface area contributed by atoms with Crippen LogP contribution in [-0.4, -0.2) is 36.4 Å². The zero-order chi connectivity index (χ0) is 20.7. The largest absolute Gasteiger partial charge is 0.479 e. The molecule has 1 aliphatic rings. The maximum absolute atomic E-state index is 5.53. The van der Waals surface area contributed by atoms with Gasteiger partial charge >= 0.3 is 0 Å². The topological polar surface area (TPSA) is 82.7 Å². The van der Waals surface area contributed by atoms with Crippen molar-refractivity contribution in [2.75, 3.05) is 12.4 Å². The minimum absolute atomic E-state index is 0.535. The summed E-state index contributed by atoms with van der Waals surface area (Å²) in [4.78, 5) is 13.7. The van der Waals surface area contributed by atoms with Crippen molar-refractivity contribution in [2.45, 2.75) is 32.6 Å². The number of nitrogens with zero attached hydrogens (tertiary/aromatic N) is 6. The number of aromatic nitrogens is 6. The second kappa shape index (κ2) is 7.56. The smallest absolute Gasteiger partial charge is 0.238 e. The highest BCUT2D eigenvalue weighted by molar-refractivity contribution is 7.14. The molecule has 0 saturated heterocycles. The maximum Gasteiger partial charge on any atom is 0.238 e. The standard InChI is InChI=1S/C21H23N7OS/c1-13-10-28(12-22-13)18-9-8-16(23-20(18)29-3)17-11-30-21(24-17)25-19-14-6-4-5-7-15(14)26-27(19)2/h8-12H,4-7H2,1-3H3,(H,24,25). The second-order valence-corrected chi connectivity index (χ2v) is 8.27. The van der Waals surface area contributed by atoms with Crippen LogP contribution in [0.2, 0.25) is 0 Å². The fraction of sp³-hybridized carbons (Fsp3) is 0.333. The molecule has 0 amide bonds. The molecule has 5 rings (SSSR count). The Hall–Kier alpha value is -3.20. The average Bonchev–Trinajstić information content (AvgIpc) is 3.47. The lowest BCUT2D eigenvalue weighted by atomic mass is 9.97. The van der Waals surface area contributed by atoms with Gasteiger partial charge in [0.25, 0.3) is 0 Å². The number of pyridine rings is 1. The molecule has 0 fully saturated rings. The van der Waals surface area contributed by atoms with Gasteiger partial charge < -0.3 is 14.6 Å². The Balaban J connectivity index is 1.42. The van der Waals surface area contributed by atoms with Crippen molar-refractivity contribution >= 4 is 22.3 Å². The average molecular weight is 422 g/mol. The molecule has 0 saturated carbocycles. The van der Waals surface area contributed by atoms with Crippen molar-refractivity contribution in [3.05, 3.63) is 47.0 Å². The van der Waals surface area contributed by atoms with Gasteiger partial charge in [-0.05, 0) is 44.7 Å². The molecule has 4 aromatic heterocycles. The van der Waals surface area contributed by atoms with Crippen molar-refractivity contribution in [3.63, 3.8) is 0 Å². The molecule has 4 aromatic rings. The van der Waals surface area contributed by atoms with Crippen LogP contribution in [0.4, 0.5) is 10.9 Å². The van der Waals surface area contributed by atoms with E-state index in [4.69, 9.17) is 9.72 Å². The molecule has 0 bridgehead atoms. The van der Waals surface area contributed by atoms with Gasteiger partial charge in [-0.2, -0.15) is 5.10 Å². The van der Waals surface area contributed by atoms with Gasteiger partial charge in [-0.1, -0.05) is 0 Å². The van der Waals surface area contributed by atoms with Crippen LogP contribution in [0.25, 0.3) is 17.1 Å². The summed E-state index contributed by atoms with van der Waals surface area (Å²) in [6.07, 6.45) is 8.25. The molecular weight excluding hydrogens is 398 g/mol. The van der Waals surface area contributed by atoms with Gasteiger partial charge in [0, 0.05) is 24.2 Å². The number of imidazole rings is 1. The van der Waals surface area contributed by atoms with E-state index in [1.54, 1.807) is 24.8 Å². The van der Waals surface area contributed by atoms with Gasteiger partial charge in [0.05, 0.1) is 30.5 Å². The summed E-state index contributed by atoms with van der Waals surface area (Å²) in [5.74, 6) is 1.58. The van der Waals surface area contributed by atoms with Crippen LogP contribution in [0.1, 0.15) is 29.8 Å². The van der Waals surface area contributed by atoms with E-state index in [0.29, 0.717) is 5.88 Å². The molecule has 0 radical (unpaired) electrons. The van der Waals surface area contributed by atoms with Crippen LogP contribution in [0, 0.1) is 6.92 Å². The first-order valence-corrected chi connectivity index (χ1v) is 10.8. The van der Waals surface area contributed by atoms with E-state index in [1.807, 2.05) is 46.9 Å². The number of nitrogens with one attached hydrogen (secondary N) is 1. The minimum Gasteiger partial charge on any atom is -0.479 e. The molecule has 0 spiro atoms. The molecule has 0 aliphatic heterocycles. The van der Waals surface area contributed by atoms with Crippen LogP contribution in [0.15, 0.2) is 30.0 Å². The summed E-state index contributed by atoms with van der Waals surface area (Å²) in [6.45, 7) is 1.95. The van der Waals surface area contributed by atoms with Crippen molar-refractivity contribution in [3.8, 4) is 23.0 Å². The number of anilines is 2. The molecule has 4 heterocycles. The molecule has 0 atom stereocenters. The Morgan fingerprint density at radius 2 is 2.00 bits per heavy atom. The Morgan fingerprint density at radius 3 is 2.80 bits per heavy atom. The fourth-order valence-electron chi connectivity index (χ4n) is 3.86. The van der Waals surface area contributed by atoms with Crippen molar-refractivity contribution in [1.29, 1.82) is 0 Å². The monoisotopic (exact) mass is 421 g/mol. The van der Waals surface area contributed by atoms with E-state index < -0.39 is 0 Å². The van der Waals surface area contributed by atoms with E-state index in [-0.39, 0.29) is 0 Å². The maximum atomic E-state index is 5.53. The predicted molar refractivity (Wildman–Crippen MR) is 117 cm³/mol. The van der Waals surface area contributed by atoms with E-state index >= 15 is 0 Å². The molecule has 154 valence electrons. The summed E-state index contributed by atoms with van der Waals surface area (Å²) in [7, 11) is 3.61. The SMILES string of the molecule is COc1nc(-c2csc(Nc3c4c(nn3C)CCCC4)n2)ccc1-n1cnc(C)c1. The third-order valence-corrected chi connectivity index (χ3v) is 6.09. The Kier molecular flexibility index (Phi) is 4.74. The van der Waals surface area contributed by atoms with Crippen LogP contribution < -0.4 is 10.1 Å². The summed E-state index contributed by atoms with van der Waals surface area (Å²) in [5.41, 5.74) is 5.89.